The molecule has 0 amide bonds. The number of benzene rings is 1. The van der Waals surface area contributed by atoms with E-state index in [1.165, 1.54) is 12.3 Å². The number of anilines is 2. The Balaban J connectivity index is 2.44. The molecule has 2 aromatic rings. The van der Waals surface area contributed by atoms with Crippen LogP contribution in [0.25, 0.3) is 0 Å². The molecule has 2 rings (SSSR count). The summed E-state index contributed by atoms with van der Waals surface area (Å²) >= 11 is 2.89. The van der Waals surface area contributed by atoms with Crippen LogP contribution in [0.15, 0.2) is 38.4 Å². The fraction of sp³-hybridized carbons (Fsp3) is 0. The number of hydrogen-bond acceptors (Lipinski definition) is 5. The van der Waals surface area contributed by atoms with Crippen molar-refractivity contribution in [3.05, 3.63) is 34.8 Å². The van der Waals surface area contributed by atoms with Crippen molar-refractivity contribution in [2.45, 2.75) is 4.90 Å². The van der Waals surface area contributed by atoms with E-state index in [9.17, 15) is 12.8 Å². The number of aromatic nitrogens is 1. The summed E-state index contributed by atoms with van der Waals surface area (Å²) in [5, 5.41) is 3.40. The number of nitrogen functional groups attached to an aromatic ring is 1. The Kier molecular flexibility index (Phi) is 3.26. The van der Waals surface area contributed by atoms with Crippen molar-refractivity contribution in [3.63, 3.8) is 0 Å². The van der Waals surface area contributed by atoms with Crippen molar-refractivity contribution >= 4 is 37.5 Å². The number of rotatable bonds is 3. The minimum atomic E-state index is -3.95. The van der Waals surface area contributed by atoms with Gasteiger partial charge >= 0.3 is 0 Å². The van der Waals surface area contributed by atoms with Gasteiger partial charge < -0.3 is 10.3 Å². The van der Waals surface area contributed by atoms with E-state index >= 15 is 0 Å². The summed E-state index contributed by atoms with van der Waals surface area (Å²) in [6, 6.07) is 3.32. The smallest absolute Gasteiger partial charge is 0.265 e. The zero-order valence-electron chi connectivity index (χ0n) is 8.72. The molecule has 0 atom stereocenters. The fourth-order valence-electron chi connectivity index (χ4n) is 1.23. The van der Waals surface area contributed by atoms with Crippen molar-refractivity contribution in [2.24, 2.45) is 0 Å². The molecule has 1 aromatic carbocycles. The van der Waals surface area contributed by atoms with Crippen LogP contribution < -0.4 is 10.5 Å². The quantitative estimate of drug-likeness (QED) is 0.835. The molecule has 0 unspecified atom stereocenters. The van der Waals surface area contributed by atoms with E-state index in [2.05, 4.69) is 30.3 Å². The Morgan fingerprint density at radius 3 is 2.78 bits per heavy atom. The van der Waals surface area contributed by atoms with E-state index in [1.807, 2.05) is 0 Å². The van der Waals surface area contributed by atoms with Gasteiger partial charge in [-0.15, -0.1) is 0 Å². The molecule has 0 spiro atoms. The first kappa shape index (κ1) is 12.8. The SMILES string of the molecule is Nc1cc(F)c(Br)cc1S(=O)(=O)Nc1ccon1. The maximum atomic E-state index is 13.2. The molecule has 1 aromatic heterocycles. The molecule has 0 aliphatic rings. The van der Waals surface area contributed by atoms with Crippen LogP contribution in [-0.4, -0.2) is 13.6 Å². The number of sulfonamides is 1. The second-order valence-electron chi connectivity index (χ2n) is 3.29. The highest BCUT2D eigenvalue weighted by atomic mass is 79.9. The Bertz CT molecular complexity index is 673. The van der Waals surface area contributed by atoms with Crippen molar-refractivity contribution in [3.8, 4) is 0 Å². The number of hydrogen-bond donors (Lipinski definition) is 2. The molecule has 0 aliphatic carbocycles. The van der Waals surface area contributed by atoms with E-state index in [0.717, 1.165) is 12.1 Å². The van der Waals surface area contributed by atoms with E-state index in [0.29, 0.717) is 0 Å². The van der Waals surface area contributed by atoms with Gasteiger partial charge in [0.25, 0.3) is 10.0 Å². The second-order valence-corrected chi connectivity index (χ2v) is 5.80. The summed E-state index contributed by atoms with van der Waals surface area (Å²) in [7, 11) is -3.95. The molecule has 0 fully saturated rings. The standard InChI is InChI=1S/C9H7BrFN3O3S/c10-5-3-8(7(12)4-6(5)11)18(15,16)14-9-1-2-17-13-9/h1-4H,12H2,(H,13,14). The maximum absolute atomic E-state index is 13.2. The summed E-state index contributed by atoms with van der Waals surface area (Å²) in [5.41, 5.74) is 5.28. The third-order valence-corrected chi connectivity index (χ3v) is 4.04. The molecule has 3 N–H and O–H groups in total. The van der Waals surface area contributed by atoms with Crippen LogP contribution in [0.5, 0.6) is 0 Å². The van der Waals surface area contributed by atoms with Gasteiger partial charge in [-0.1, -0.05) is 5.16 Å². The molecule has 0 saturated heterocycles. The van der Waals surface area contributed by atoms with Crippen molar-refractivity contribution in [1.29, 1.82) is 0 Å². The molecule has 0 radical (unpaired) electrons. The lowest BCUT2D eigenvalue weighted by molar-refractivity contribution is 0.423. The first-order valence-electron chi connectivity index (χ1n) is 4.58. The molecule has 0 aliphatic heterocycles. The molecule has 1 heterocycles. The van der Waals surface area contributed by atoms with Gasteiger partial charge in [0.05, 0.1) is 10.2 Å². The number of halogens is 2. The average Bonchev–Trinajstić information content (AvgIpc) is 2.75. The van der Waals surface area contributed by atoms with Gasteiger partial charge in [-0.05, 0) is 28.1 Å². The topological polar surface area (TPSA) is 98.2 Å². The predicted octanol–water partition coefficient (Wildman–Crippen LogP) is 1.96. The van der Waals surface area contributed by atoms with Gasteiger partial charge in [0, 0.05) is 6.07 Å². The lowest BCUT2D eigenvalue weighted by Crippen LogP contribution is -2.15. The van der Waals surface area contributed by atoms with Gasteiger partial charge in [0.2, 0.25) is 0 Å². The largest absolute Gasteiger partial charge is 0.398 e. The van der Waals surface area contributed by atoms with E-state index in [-0.39, 0.29) is 20.9 Å². The fourth-order valence-corrected chi connectivity index (χ4v) is 2.86. The Hall–Kier alpha value is -1.61. The molecule has 6 nitrogen and oxygen atoms in total. The molecule has 96 valence electrons. The molecule has 0 saturated carbocycles. The summed E-state index contributed by atoms with van der Waals surface area (Å²) < 4.78 is 43.7. The zero-order valence-corrected chi connectivity index (χ0v) is 11.1. The van der Waals surface area contributed by atoms with Crippen LogP contribution in [0.3, 0.4) is 0 Å². The first-order valence-corrected chi connectivity index (χ1v) is 6.85. The van der Waals surface area contributed by atoms with Gasteiger partial charge in [-0.2, -0.15) is 0 Å². The lowest BCUT2D eigenvalue weighted by atomic mass is 10.3. The summed E-state index contributed by atoms with van der Waals surface area (Å²) in [6.07, 6.45) is 1.21. The van der Waals surface area contributed by atoms with Crippen LogP contribution in [0.4, 0.5) is 15.9 Å². The third kappa shape index (κ3) is 2.46. The first-order chi connectivity index (χ1) is 8.40. The van der Waals surface area contributed by atoms with Crippen LogP contribution in [0, 0.1) is 5.82 Å². The number of nitrogens with one attached hydrogen (secondary N) is 1. The Labute approximate surface area is 110 Å². The van der Waals surface area contributed by atoms with Gasteiger partial charge in [-0.25, -0.2) is 12.8 Å². The summed E-state index contributed by atoms with van der Waals surface area (Å²) in [5.74, 6) is -0.636. The second kappa shape index (κ2) is 4.58. The van der Waals surface area contributed by atoms with Crippen molar-refractivity contribution in [1.82, 2.24) is 5.16 Å². The van der Waals surface area contributed by atoms with Crippen LogP contribution in [0.2, 0.25) is 0 Å². The molecule has 0 bridgehead atoms. The predicted molar refractivity (Wildman–Crippen MR) is 65.8 cm³/mol. The minimum Gasteiger partial charge on any atom is -0.398 e. The normalized spacial score (nSPS) is 11.4. The lowest BCUT2D eigenvalue weighted by Gasteiger charge is -2.08. The highest BCUT2D eigenvalue weighted by Gasteiger charge is 2.20. The monoisotopic (exact) mass is 335 g/mol. The number of nitrogens with zero attached hydrogens (tertiary/aromatic N) is 1. The van der Waals surface area contributed by atoms with Crippen molar-refractivity contribution in [2.75, 3.05) is 10.5 Å². The highest BCUT2D eigenvalue weighted by molar-refractivity contribution is 9.10. The minimum absolute atomic E-state index is 0.00257. The molecular weight excluding hydrogens is 329 g/mol. The van der Waals surface area contributed by atoms with E-state index < -0.39 is 15.8 Å². The van der Waals surface area contributed by atoms with E-state index in [4.69, 9.17) is 5.73 Å². The Morgan fingerprint density at radius 1 is 1.44 bits per heavy atom. The molecular formula is C9H7BrFN3O3S. The summed E-state index contributed by atoms with van der Waals surface area (Å²) in [6.45, 7) is 0. The van der Waals surface area contributed by atoms with Gasteiger partial charge in [0.15, 0.2) is 5.82 Å². The van der Waals surface area contributed by atoms with Crippen LogP contribution in [0.1, 0.15) is 0 Å². The van der Waals surface area contributed by atoms with E-state index in [1.54, 1.807) is 0 Å². The Morgan fingerprint density at radius 2 is 2.17 bits per heavy atom. The third-order valence-electron chi connectivity index (χ3n) is 2.02. The van der Waals surface area contributed by atoms with Crippen LogP contribution >= 0.6 is 15.9 Å². The van der Waals surface area contributed by atoms with Gasteiger partial charge in [-0.3, -0.25) is 4.72 Å². The molecule has 9 heteroatoms. The summed E-state index contributed by atoms with van der Waals surface area (Å²) in [4.78, 5) is -0.251. The van der Waals surface area contributed by atoms with Crippen LogP contribution in [-0.2, 0) is 10.0 Å². The maximum Gasteiger partial charge on any atom is 0.265 e. The molecule has 18 heavy (non-hydrogen) atoms. The van der Waals surface area contributed by atoms with Crippen molar-refractivity contribution < 1.29 is 17.3 Å². The average molecular weight is 336 g/mol. The highest BCUT2D eigenvalue weighted by Crippen LogP contribution is 2.27. The zero-order chi connectivity index (χ0) is 13.3. The number of nitrogens with two attached hydrogens (primary N) is 1. The van der Waals surface area contributed by atoms with Gasteiger partial charge in [0.1, 0.15) is 17.0 Å².